The molecule has 1 aromatic heterocycles. The van der Waals surface area contributed by atoms with Gasteiger partial charge in [-0.25, -0.2) is 0 Å². The molecule has 84 valence electrons. The maximum atomic E-state index is 5.46. The summed E-state index contributed by atoms with van der Waals surface area (Å²) in [6, 6.07) is 0.384. The van der Waals surface area contributed by atoms with Crippen LogP contribution in [0.3, 0.4) is 0 Å². The van der Waals surface area contributed by atoms with E-state index in [2.05, 4.69) is 28.5 Å². The monoisotopic (exact) mass is 228 g/mol. The second kappa shape index (κ2) is 3.61. The molecule has 0 radical (unpaired) electrons. The Morgan fingerprint density at radius 3 is 2.80 bits per heavy atom. The lowest BCUT2D eigenvalue weighted by molar-refractivity contribution is -0.0794. The van der Waals surface area contributed by atoms with Gasteiger partial charge in [-0.3, -0.25) is 0 Å². The van der Waals surface area contributed by atoms with E-state index in [4.69, 9.17) is 10.5 Å². The second-order valence-electron chi connectivity index (χ2n) is 4.44. The van der Waals surface area contributed by atoms with Crippen molar-refractivity contribution in [1.29, 1.82) is 0 Å². The first kappa shape index (κ1) is 10.6. The van der Waals surface area contributed by atoms with E-state index in [1.165, 1.54) is 11.5 Å². The van der Waals surface area contributed by atoms with Gasteiger partial charge in [-0.2, -0.15) is 9.36 Å². The lowest BCUT2D eigenvalue weighted by Gasteiger charge is -2.51. The van der Waals surface area contributed by atoms with Crippen LogP contribution in [-0.2, 0) is 4.74 Å². The molecule has 0 amide bonds. The highest BCUT2D eigenvalue weighted by Crippen LogP contribution is 2.44. The van der Waals surface area contributed by atoms with Crippen molar-refractivity contribution in [1.82, 2.24) is 9.36 Å². The fraction of sp³-hybridized carbons (Fsp3) is 0.778. The molecule has 5 nitrogen and oxygen atoms in total. The Morgan fingerprint density at radius 1 is 1.60 bits per heavy atom. The van der Waals surface area contributed by atoms with E-state index >= 15 is 0 Å². The van der Waals surface area contributed by atoms with Crippen molar-refractivity contribution in [2.24, 2.45) is 5.41 Å². The number of rotatable bonds is 3. The zero-order valence-electron chi connectivity index (χ0n) is 9.15. The van der Waals surface area contributed by atoms with Crippen molar-refractivity contribution in [3.63, 3.8) is 0 Å². The number of nitrogens with zero attached hydrogens (tertiary/aromatic N) is 2. The predicted octanol–water partition coefficient (Wildman–Crippen LogP) is 1.35. The summed E-state index contributed by atoms with van der Waals surface area (Å²) < 4.78 is 9.31. The molecule has 3 N–H and O–H groups in total. The average Bonchev–Trinajstić information content (AvgIpc) is 2.58. The molecule has 1 aromatic rings. The predicted molar refractivity (Wildman–Crippen MR) is 60.9 cm³/mol. The van der Waals surface area contributed by atoms with Gasteiger partial charge in [0.1, 0.15) is 0 Å². The molecule has 2 atom stereocenters. The van der Waals surface area contributed by atoms with Gasteiger partial charge in [0, 0.05) is 30.1 Å². The minimum Gasteiger partial charge on any atom is -0.381 e. The van der Waals surface area contributed by atoms with Crippen LogP contribution < -0.4 is 11.1 Å². The maximum Gasteiger partial charge on any atom is 0.233 e. The third kappa shape index (κ3) is 1.79. The zero-order valence-corrected chi connectivity index (χ0v) is 9.97. The van der Waals surface area contributed by atoms with Crippen molar-refractivity contribution < 1.29 is 4.74 Å². The Balaban J connectivity index is 1.98. The summed E-state index contributed by atoms with van der Waals surface area (Å²) in [4.78, 5) is 4.08. The number of nitrogens with one attached hydrogen (secondary N) is 1. The quantitative estimate of drug-likeness (QED) is 0.817. The summed E-state index contributed by atoms with van der Waals surface area (Å²) in [6.45, 7) is 4.37. The van der Waals surface area contributed by atoms with Gasteiger partial charge < -0.3 is 15.8 Å². The van der Waals surface area contributed by atoms with Gasteiger partial charge in [0.2, 0.25) is 11.1 Å². The van der Waals surface area contributed by atoms with Crippen LogP contribution in [0.15, 0.2) is 0 Å². The molecule has 1 heterocycles. The molecule has 0 spiro atoms. The number of anilines is 2. The molecule has 2 rings (SSSR count). The van der Waals surface area contributed by atoms with Crippen LogP contribution in [0.5, 0.6) is 0 Å². The molecule has 0 bridgehead atoms. The van der Waals surface area contributed by atoms with Crippen molar-refractivity contribution in [2.45, 2.75) is 32.4 Å². The Bertz CT molecular complexity index is 352. The van der Waals surface area contributed by atoms with Gasteiger partial charge in [0.25, 0.3) is 0 Å². The first-order valence-corrected chi connectivity index (χ1v) is 5.70. The van der Waals surface area contributed by atoms with Crippen molar-refractivity contribution in [3.05, 3.63) is 0 Å². The zero-order chi connectivity index (χ0) is 11.1. The van der Waals surface area contributed by atoms with Crippen LogP contribution in [-0.4, -0.2) is 28.6 Å². The van der Waals surface area contributed by atoms with Gasteiger partial charge in [0.15, 0.2) is 0 Å². The minimum atomic E-state index is 0.134. The Kier molecular flexibility index (Phi) is 2.56. The fourth-order valence-electron chi connectivity index (χ4n) is 1.97. The molecular weight excluding hydrogens is 212 g/mol. The van der Waals surface area contributed by atoms with Crippen LogP contribution in [0.2, 0.25) is 0 Å². The van der Waals surface area contributed by atoms with Crippen LogP contribution in [0.25, 0.3) is 0 Å². The largest absolute Gasteiger partial charge is 0.381 e. The molecule has 1 aliphatic carbocycles. The number of nitrogen functional groups attached to an aromatic ring is 1. The lowest BCUT2D eigenvalue weighted by Crippen LogP contribution is -2.57. The summed E-state index contributed by atoms with van der Waals surface area (Å²) in [7, 11) is 1.76. The van der Waals surface area contributed by atoms with Crippen LogP contribution in [0.1, 0.15) is 20.3 Å². The molecule has 0 aliphatic heterocycles. The lowest BCUT2D eigenvalue weighted by atomic mass is 9.64. The number of hydrogen-bond acceptors (Lipinski definition) is 6. The minimum absolute atomic E-state index is 0.134. The van der Waals surface area contributed by atoms with Crippen molar-refractivity contribution in [2.75, 3.05) is 18.2 Å². The highest BCUT2D eigenvalue weighted by molar-refractivity contribution is 7.09. The summed E-state index contributed by atoms with van der Waals surface area (Å²) >= 11 is 1.30. The molecular formula is C9H16N4OS. The Morgan fingerprint density at radius 2 is 2.33 bits per heavy atom. The van der Waals surface area contributed by atoms with E-state index in [0.29, 0.717) is 18.1 Å². The number of hydrogen-bond donors (Lipinski definition) is 2. The average molecular weight is 228 g/mol. The van der Waals surface area contributed by atoms with E-state index in [-0.39, 0.29) is 5.41 Å². The third-order valence-electron chi connectivity index (χ3n) is 3.20. The van der Waals surface area contributed by atoms with Crippen LogP contribution >= 0.6 is 11.5 Å². The standard InChI is InChI=1S/C9H16N4OS/c1-9(2)5(4-6(9)14-3)11-8-12-7(10)13-15-8/h5-6H,4H2,1-3H3,(H3,10,11,12,13). The van der Waals surface area contributed by atoms with Crippen LogP contribution in [0, 0.1) is 5.41 Å². The third-order valence-corrected chi connectivity index (χ3v) is 3.86. The molecule has 1 aliphatic rings. The van der Waals surface area contributed by atoms with Crippen molar-refractivity contribution in [3.8, 4) is 0 Å². The Hall–Kier alpha value is -0.880. The summed E-state index contributed by atoms with van der Waals surface area (Å²) in [5, 5.41) is 4.13. The van der Waals surface area contributed by atoms with Gasteiger partial charge in [0.05, 0.1) is 6.10 Å². The van der Waals surface area contributed by atoms with Gasteiger partial charge in [-0.05, 0) is 6.42 Å². The molecule has 1 saturated carbocycles. The molecule has 0 saturated heterocycles. The molecule has 1 fully saturated rings. The molecule has 15 heavy (non-hydrogen) atoms. The summed E-state index contributed by atoms with van der Waals surface area (Å²) in [6.07, 6.45) is 1.32. The maximum absolute atomic E-state index is 5.46. The van der Waals surface area contributed by atoms with Gasteiger partial charge >= 0.3 is 0 Å². The number of ether oxygens (including phenoxy) is 1. The van der Waals surface area contributed by atoms with E-state index < -0.39 is 0 Å². The van der Waals surface area contributed by atoms with Gasteiger partial charge in [-0.15, -0.1) is 0 Å². The smallest absolute Gasteiger partial charge is 0.233 e. The number of aromatic nitrogens is 2. The first-order valence-electron chi connectivity index (χ1n) is 4.92. The van der Waals surface area contributed by atoms with Crippen LogP contribution in [0.4, 0.5) is 11.1 Å². The van der Waals surface area contributed by atoms with E-state index in [0.717, 1.165) is 11.6 Å². The topological polar surface area (TPSA) is 73.1 Å². The highest BCUT2D eigenvalue weighted by atomic mass is 32.1. The molecule has 6 heteroatoms. The molecule has 2 unspecified atom stereocenters. The summed E-state index contributed by atoms with van der Waals surface area (Å²) in [5.41, 5.74) is 5.59. The summed E-state index contributed by atoms with van der Waals surface area (Å²) in [5.74, 6) is 0.336. The SMILES string of the molecule is COC1CC(Nc2nc(N)ns2)C1(C)C. The number of nitrogens with two attached hydrogens (primary N) is 1. The highest BCUT2D eigenvalue weighted by Gasteiger charge is 2.48. The second-order valence-corrected chi connectivity index (χ2v) is 5.19. The molecule has 0 aromatic carbocycles. The van der Waals surface area contributed by atoms with Gasteiger partial charge in [-0.1, -0.05) is 13.8 Å². The normalized spacial score (nSPS) is 28.5. The van der Waals surface area contributed by atoms with E-state index in [9.17, 15) is 0 Å². The van der Waals surface area contributed by atoms with Crippen molar-refractivity contribution >= 4 is 22.6 Å². The number of methoxy groups -OCH3 is 1. The first-order chi connectivity index (χ1) is 7.04. The van der Waals surface area contributed by atoms with E-state index in [1.54, 1.807) is 7.11 Å². The Labute approximate surface area is 93.2 Å². The van der Waals surface area contributed by atoms with E-state index in [1.807, 2.05) is 0 Å². The fourth-order valence-corrected chi connectivity index (χ4v) is 2.52.